The van der Waals surface area contributed by atoms with Gasteiger partial charge in [-0.05, 0) is 30.7 Å². The number of nitrogens with one attached hydrogen (secondary N) is 1. The van der Waals surface area contributed by atoms with E-state index in [0.717, 1.165) is 5.56 Å². The minimum absolute atomic E-state index is 0.0106. The Balaban J connectivity index is 1.75. The van der Waals surface area contributed by atoms with Crippen molar-refractivity contribution in [3.8, 4) is 0 Å². The number of anilines is 1. The monoisotopic (exact) mass is 320 g/mol. The maximum Gasteiger partial charge on any atom is 0.302 e. The topological polar surface area (TPSA) is 85.3 Å². The second kappa shape index (κ2) is 5.34. The summed E-state index contributed by atoms with van der Waals surface area (Å²) in [5, 5.41) is 3.29. The number of carbonyl (C=O) groups is 1. The van der Waals surface area contributed by atoms with Crippen molar-refractivity contribution in [1.82, 2.24) is 4.98 Å². The van der Waals surface area contributed by atoms with Crippen LogP contribution in [0, 0.1) is 6.92 Å². The molecule has 4 aromatic rings. The Morgan fingerprint density at radius 2 is 1.92 bits per heavy atom. The number of furan rings is 1. The minimum atomic E-state index is -0.499. The molecule has 3 aromatic heterocycles. The molecule has 0 aliphatic carbocycles. The van der Waals surface area contributed by atoms with Crippen LogP contribution in [0.25, 0.3) is 22.1 Å². The Hall–Kier alpha value is -3.41. The van der Waals surface area contributed by atoms with Crippen LogP contribution in [0.2, 0.25) is 0 Å². The third kappa shape index (κ3) is 2.34. The van der Waals surface area contributed by atoms with Crippen LogP contribution >= 0.6 is 0 Å². The summed E-state index contributed by atoms with van der Waals surface area (Å²) in [7, 11) is 0. The van der Waals surface area contributed by atoms with Crippen LogP contribution in [-0.2, 0) is 0 Å². The average molecular weight is 320 g/mol. The van der Waals surface area contributed by atoms with Gasteiger partial charge >= 0.3 is 5.78 Å². The van der Waals surface area contributed by atoms with Crippen molar-refractivity contribution in [3.05, 3.63) is 70.2 Å². The molecule has 0 aliphatic heterocycles. The van der Waals surface area contributed by atoms with E-state index in [1.807, 2.05) is 13.0 Å². The van der Waals surface area contributed by atoms with Crippen molar-refractivity contribution in [1.29, 1.82) is 0 Å². The quantitative estimate of drug-likeness (QED) is 0.611. The molecule has 0 radical (unpaired) electrons. The number of aromatic nitrogens is 1. The van der Waals surface area contributed by atoms with Gasteiger partial charge < -0.3 is 14.2 Å². The molecule has 4 rings (SSSR count). The highest BCUT2D eigenvalue weighted by atomic mass is 16.5. The second-order valence-corrected chi connectivity index (χ2v) is 5.41. The van der Waals surface area contributed by atoms with Gasteiger partial charge in [-0.1, -0.05) is 18.2 Å². The number of pyridine rings is 1. The lowest BCUT2D eigenvalue weighted by atomic mass is 10.2. The first-order chi connectivity index (χ1) is 11.6. The fourth-order valence-corrected chi connectivity index (χ4v) is 2.43. The van der Waals surface area contributed by atoms with Crippen molar-refractivity contribution in [3.63, 3.8) is 0 Å². The number of para-hydroxylation sites is 1. The van der Waals surface area contributed by atoms with E-state index in [-0.39, 0.29) is 22.4 Å². The van der Waals surface area contributed by atoms with Crippen LogP contribution in [0.4, 0.5) is 5.82 Å². The van der Waals surface area contributed by atoms with E-state index in [1.165, 1.54) is 6.07 Å². The molecule has 3 heterocycles. The molecular formula is C18H12N2O4. The summed E-state index contributed by atoms with van der Waals surface area (Å²) in [5.41, 5.74) is 1.16. The zero-order valence-electron chi connectivity index (χ0n) is 12.7. The average Bonchev–Trinajstić information content (AvgIpc) is 3.02. The zero-order chi connectivity index (χ0) is 16.7. The van der Waals surface area contributed by atoms with Gasteiger partial charge in [-0.3, -0.25) is 9.59 Å². The van der Waals surface area contributed by atoms with Crippen molar-refractivity contribution >= 4 is 33.9 Å². The van der Waals surface area contributed by atoms with Crippen molar-refractivity contribution in [2.24, 2.45) is 0 Å². The molecule has 6 nitrogen and oxygen atoms in total. The van der Waals surface area contributed by atoms with Crippen LogP contribution in [0.1, 0.15) is 16.1 Å². The molecule has 0 spiro atoms. The smallest absolute Gasteiger partial charge is 0.302 e. The number of benzene rings is 1. The lowest BCUT2D eigenvalue weighted by Gasteiger charge is -2.01. The SMILES string of the molecule is Cc1ccc(NC(=O)c2cc3c(=O)c4ccccc4oc3o2)nc1. The molecule has 24 heavy (non-hydrogen) atoms. The highest BCUT2D eigenvalue weighted by Gasteiger charge is 2.18. The Morgan fingerprint density at radius 3 is 2.71 bits per heavy atom. The molecule has 1 N–H and O–H groups in total. The standard InChI is InChI=1S/C18H12N2O4/c1-10-6-7-15(19-9-10)20-17(22)14-8-12-16(21)11-4-2-3-5-13(11)23-18(12)24-14/h2-9H,1H3,(H,19,20,22). The largest absolute Gasteiger partial charge is 0.425 e. The number of fused-ring (bicyclic) bond motifs is 2. The van der Waals surface area contributed by atoms with E-state index >= 15 is 0 Å². The van der Waals surface area contributed by atoms with Gasteiger partial charge in [0.05, 0.1) is 5.39 Å². The van der Waals surface area contributed by atoms with Crippen molar-refractivity contribution in [2.75, 3.05) is 5.32 Å². The molecule has 118 valence electrons. The maximum atomic E-state index is 12.5. The maximum absolute atomic E-state index is 12.5. The van der Waals surface area contributed by atoms with E-state index in [4.69, 9.17) is 8.83 Å². The van der Waals surface area contributed by atoms with E-state index in [2.05, 4.69) is 10.3 Å². The van der Waals surface area contributed by atoms with Gasteiger partial charge in [-0.2, -0.15) is 0 Å². The Morgan fingerprint density at radius 1 is 1.08 bits per heavy atom. The van der Waals surface area contributed by atoms with Crippen molar-refractivity contribution < 1.29 is 13.6 Å². The molecule has 0 saturated heterocycles. The minimum Gasteiger partial charge on any atom is -0.425 e. The third-order valence-corrected chi connectivity index (χ3v) is 3.65. The van der Waals surface area contributed by atoms with Crippen LogP contribution in [0.15, 0.2) is 62.3 Å². The summed E-state index contributed by atoms with van der Waals surface area (Å²) >= 11 is 0. The summed E-state index contributed by atoms with van der Waals surface area (Å²) in [6.45, 7) is 1.90. The number of hydrogen-bond donors (Lipinski definition) is 1. The molecule has 0 saturated carbocycles. The van der Waals surface area contributed by atoms with Gasteiger partial charge in [0.2, 0.25) is 5.43 Å². The lowest BCUT2D eigenvalue weighted by molar-refractivity contribution is 0.0996. The predicted molar refractivity (Wildman–Crippen MR) is 89.2 cm³/mol. The van der Waals surface area contributed by atoms with Gasteiger partial charge in [0.15, 0.2) is 5.76 Å². The summed E-state index contributed by atoms with van der Waals surface area (Å²) < 4.78 is 11.0. The van der Waals surface area contributed by atoms with Crippen LogP contribution < -0.4 is 10.7 Å². The van der Waals surface area contributed by atoms with Gasteiger partial charge in [-0.15, -0.1) is 0 Å². The summed E-state index contributed by atoms with van der Waals surface area (Å²) in [6.07, 6.45) is 1.64. The number of aryl methyl sites for hydroxylation is 1. The predicted octanol–water partition coefficient (Wildman–Crippen LogP) is 3.49. The number of nitrogens with zero attached hydrogens (tertiary/aromatic N) is 1. The van der Waals surface area contributed by atoms with Crippen LogP contribution in [0.5, 0.6) is 0 Å². The first-order valence-electron chi connectivity index (χ1n) is 7.31. The fourth-order valence-electron chi connectivity index (χ4n) is 2.43. The number of amides is 1. The Labute approximate surface area is 135 Å². The Kier molecular flexibility index (Phi) is 3.16. The molecule has 1 amide bonds. The Bertz CT molecular complexity index is 1120. The number of hydrogen-bond acceptors (Lipinski definition) is 5. The highest BCUT2D eigenvalue weighted by molar-refractivity contribution is 6.04. The zero-order valence-corrected chi connectivity index (χ0v) is 12.7. The van der Waals surface area contributed by atoms with E-state index in [9.17, 15) is 9.59 Å². The molecule has 0 atom stereocenters. The van der Waals surface area contributed by atoms with Crippen molar-refractivity contribution in [2.45, 2.75) is 6.92 Å². The molecule has 0 fully saturated rings. The highest BCUT2D eigenvalue weighted by Crippen LogP contribution is 2.22. The number of rotatable bonds is 2. The number of carbonyl (C=O) groups excluding carboxylic acids is 1. The fraction of sp³-hybridized carbons (Fsp3) is 0.0556. The molecular weight excluding hydrogens is 308 g/mol. The molecule has 0 unspecified atom stereocenters. The summed E-state index contributed by atoms with van der Waals surface area (Å²) in [4.78, 5) is 28.8. The lowest BCUT2D eigenvalue weighted by Crippen LogP contribution is -2.11. The van der Waals surface area contributed by atoms with Crippen LogP contribution in [0.3, 0.4) is 0 Å². The van der Waals surface area contributed by atoms with E-state index < -0.39 is 5.91 Å². The van der Waals surface area contributed by atoms with E-state index in [0.29, 0.717) is 16.8 Å². The van der Waals surface area contributed by atoms with Gasteiger partial charge in [0.25, 0.3) is 5.91 Å². The van der Waals surface area contributed by atoms with Gasteiger partial charge in [0, 0.05) is 12.3 Å². The first kappa shape index (κ1) is 14.2. The van der Waals surface area contributed by atoms with Gasteiger partial charge in [0.1, 0.15) is 16.8 Å². The molecule has 1 aromatic carbocycles. The molecule has 6 heteroatoms. The first-order valence-corrected chi connectivity index (χ1v) is 7.31. The normalized spacial score (nSPS) is 11.0. The third-order valence-electron chi connectivity index (χ3n) is 3.65. The van der Waals surface area contributed by atoms with Gasteiger partial charge in [-0.25, -0.2) is 4.98 Å². The van der Waals surface area contributed by atoms with E-state index in [1.54, 1.807) is 36.5 Å². The second-order valence-electron chi connectivity index (χ2n) is 5.41. The molecule has 0 bridgehead atoms. The summed E-state index contributed by atoms with van der Waals surface area (Å²) in [5.74, 6) is -0.0824. The summed E-state index contributed by atoms with van der Waals surface area (Å²) in [6, 6.07) is 11.8. The van der Waals surface area contributed by atoms with Crippen LogP contribution in [-0.4, -0.2) is 10.9 Å². The molecule has 0 aliphatic rings.